The number of hydrogen-bond donors (Lipinski definition) is 1. The minimum Gasteiger partial charge on any atom is -0.355 e. The van der Waals surface area contributed by atoms with Crippen LogP contribution in [-0.4, -0.2) is 24.6 Å². The number of anilines is 1. The van der Waals surface area contributed by atoms with Crippen molar-refractivity contribution < 1.29 is 13.2 Å². The fourth-order valence-corrected chi connectivity index (χ4v) is 2.11. The Morgan fingerprint density at radius 3 is 2.50 bits per heavy atom. The first-order chi connectivity index (χ1) is 9.25. The summed E-state index contributed by atoms with van der Waals surface area (Å²) >= 11 is 5.96. The summed E-state index contributed by atoms with van der Waals surface area (Å²) in [5.41, 5.74) is 4.64. The van der Waals surface area contributed by atoms with Crippen LogP contribution in [0.1, 0.15) is 25.8 Å². The number of nitrogens with two attached hydrogens (primary N) is 1. The maximum Gasteiger partial charge on any atom is 0.417 e. The van der Waals surface area contributed by atoms with Crippen LogP contribution in [0, 0.1) is 5.92 Å². The normalized spacial score (nSPS) is 12.0. The molecular weight excluding hydrogens is 291 g/mol. The van der Waals surface area contributed by atoms with Crippen LogP contribution in [0.4, 0.5) is 19.0 Å². The van der Waals surface area contributed by atoms with E-state index in [1.807, 2.05) is 18.7 Å². The van der Waals surface area contributed by atoms with Gasteiger partial charge in [0.05, 0.1) is 10.6 Å². The highest BCUT2D eigenvalue weighted by molar-refractivity contribution is 6.33. The molecule has 0 atom stereocenters. The zero-order valence-electron chi connectivity index (χ0n) is 11.5. The molecule has 0 unspecified atom stereocenters. The van der Waals surface area contributed by atoms with Crippen molar-refractivity contribution in [3.05, 3.63) is 22.8 Å². The van der Waals surface area contributed by atoms with Crippen molar-refractivity contribution in [3.63, 3.8) is 0 Å². The highest BCUT2D eigenvalue weighted by atomic mass is 35.5. The molecule has 0 aromatic carbocycles. The van der Waals surface area contributed by atoms with Crippen LogP contribution < -0.4 is 10.6 Å². The van der Waals surface area contributed by atoms with Crippen molar-refractivity contribution in [2.24, 2.45) is 11.7 Å². The topological polar surface area (TPSA) is 42.1 Å². The third kappa shape index (κ3) is 4.83. The van der Waals surface area contributed by atoms with E-state index >= 15 is 0 Å². The number of aromatic nitrogens is 1. The Balaban J connectivity index is 3.01. The molecule has 7 heteroatoms. The zero-order chi connectivity index (χ0) is 15.3. The molecule has 3 nitrogen and oxygen atoms in total. The van der Waals surface area contributed by atoms with Gasteiger partial charge in [-0.1, -0.05) is 25.4 Å². The van der Waals surface area contributed by atoms with E-state index in [4.69, 9.17) is 17.3 Å². The van der Waals surface area contributed by atoms with Gasteiger partial charge in [0.2, 0.25) is 0 Å². The summed E-state index contributed by atoms with van der Waals surface area (Å²) in [6.07, 6.45) is -2.89. The van der Waals surface area contributed by atoms with Crippen molar-refractivity contribution in [2.75, 3.05) is 24.5 Å². The Morgan fingerprint density at radius 1 is 1.40 bits per heavy atom. The molecule has 1 heterocycles. The predicted molar refractivity (Wildman–Crippen MR) is 75.0 cm³/mol. The largest absolute Gasteiger partial charge is 0.417 e. The highest BCUT2D eigenvalue weighted by Gasteiger charge is 2.32. The van der Waals surface area contributed by atoms with E-state index in [-0.39, 0.29) is 5.02 Å². The standard InChI is InChI=1S/C13H19ClF3N3/c1-9(2)8-20(5-3-4-18)12-11(14)6-10(7-19-12)13(15,16)17/h6-7,9H,3-5,8,18H2,1-2H3. The molecule has 0 fully saturated rings. The SMILES string of the molecule is CC(C)CN(CCCN)c1ncc(C(F)(F)F)cc1Cl. The Labute approximate surface area is 121 Å². The van der Waals surface area contributed by atoms with Crippen LogP contribution in [0.3, 0.4) is 0 Å². The third-order valence-electron chi connectivity index (χ3n) is 2.67. The summed E-state index contributed by atoms with van der Waals surface area (Å²) in [5, 5.41) is 0.0116. The van der Waals surface area contributed by atoms with Gasteiger partial charge in [-0.15, -0.1) is 0 Å². The monoisotopic (exact) mass is 309 g/mol. The van der Waals surface area contributed by atoms with Crippen LogP contribution in [0.15, 0.2) is 12.3 Å². The lowest BCUT2D eigenvalue weighted by atomic mass is 10.2. The van der Waals surface area contributed by atoms with Gasteiger partial charge >= 0.3 is 6.18 Å². The van der Waals surface area contributed by atoms with Gasteiger partial charge in [-0.2, -0.15) is 13.2 Å². The van der Waals surface area contributed by atoms with Crippen LogP contribution >= 0.6 is 11.6 Å². The molecule has 114 valence electrons. The summed E-state index contributed by atoms with van der Waals surface area (Å²) in [7, 11) is 0. The van der Waals surface area contributed by atoms with Crippen molar-refractivity contribution in [3.8, 4) is 0 Å². The third-order valence-corrected chi connectivity index (χ3v) is 2.94. The lowest BCUT2D eigenvalue weighted by Gasteiger charge is -2.26. The number of hydrogen-bond acceptors (Lipinski definition) is 3. The second kappa shape index (κ2) is 7.13. The molecule has 1 aromatic rings. The Morgan fingerprint density at radius 2 is 2.05 bits per heavy atom. The van der Waals surface area contributed by atoms with Gasteiger partial charge in [-0.25, -0.2) is 4.98 Å². The molecule has 0 saturated carbocycles. The van der Waals surface area contributed by atoms with Crippen LogP contribution in [0.5, 0.6) is 0 Å². The van der Waals surface area contributed by atoms with Crippen molar-refractivity contribution >= 4 is 17.4 Å². The molecule has 0 saturated heterocycles. The molecule has 1 rings (SSSR count). The number of pyridine rings is 1. The highest BCUT2D eigenvalue weighted by Crippen LogP contribution is 2.33. The summed E-state index contributed by atoms with van der Waals surface area (Å²) in [5.74, 6) is 0.717. The number of halogens is 4. The van der Waals surface area contributed by atoms with E-state index in [0.717, 1.165) is 18.7 Å². The fraction of sp³-hybridized carbons (Fsp3) is 0.615. The van der Waals surface area contributed by atoms with Gasteiger partial charge in [0, 0.05) is 19.3 Å². The van der Waals surface area contributed by atoms with Gasteiger partial charge in [0.25, 0.3) is 0 Å². The molecule has 0 amide bonds. The quantitative estimate of drug-likeness (QED) is 0.873. The van der Waals surface area contributed by atoms with Gasteiger partial charge in [-0.05, 0) is 24.9 Å². The maximum atomic E-state index is 12.6. The van der Waals surface area contributed by atoms with E-state index in [2.05, 4.69) is 4.98 Å². The smallest absolute Gasteiger partial charge is 0.355 e. The molecule has 0 radical (unpaired) electrons. The molecule has 0 bridgehead atoms. The minimum absolute atomic E-state index is 0.0116. The molecule has 20 heavy (non-hydrogen) atoms. The van der Waals surface area contributed by atoms with Crippen molar-refractivity contribution in [1.82, 2.24) is 4.98 Å². The van der Waals surface area contributed by atoms with E-state index in [1.54, 1.807) is 0 Å². The first-order valence-electron chi connectivity index (χ1n) is 6.43. The number of nitrogens with zero attached hydrogens (tertiary/aromatic N) is 2. The summed E-state index contributed by atoms with van der Waals surface area (Å²) < 4.78 is 37.8. The lowest BCUT2D eigenvalue weighted by Crippen LogP contribution is -2.31. The molecular formula is C13H19ClF3N3. The second-order valence-electron chi connectivity index (χ2n) is 5.01. The number of alkyl halides is 3. The summed E-state index contributed by atoms with van der Waals surface area (Å²) in [4.78, 5) is 5.76. The van der Waals surface area contributed by atoms with E-state index in [9.17, 15) is 13.2 Å². The number of rotatable bonds is 6. The predicted octanol–water partition coefficient (Wildman–Crippen LogP) is 3.57. The molecule has 0 aliphatic heterocycles. The van der Waals surface area contributed by atoms with Gasteiger partial charge in [0.1, 0.15) is 5.82 Å². The maximum absolute atomic E-state index is 12.6. The minimum atomic E-state index is -4.44. The Hall–Kier alpha value is -1.01. The summed E-state index contributed by atoms with van der Waals surface area (Å²) in [6.45, 7) is 5.83. The average molecular weight is 310 g/mol. The Bertz CT molecular complexity index is 435. The van der Waals surface area contributed by atoms with Crippen LogP contribution in [0.25, 0.3) is 0 Å². The van der Waals surface area contributed by atoms with Crippen LogP contribution in [0.2, 0.25) is 5.02 Å². The summed E-state index contributed by atoms with van der Waals surface area (Å²) in [6, 6.07) is 0.916. The molecule has 0 aliphatic rings. The first kappa shape index (κ1) is 17.0. The van der Waals surface area contributed by atoms with Crippen molar-refractivity contribution in [2.45, 2.75) is 26.4 Å². The second-order valence-corrected chi connectivity index (χ2v) is 5.42. The van der Waals surface area contributed by atoms with Gasteiger partial charge in [-0.3, -0.25) is 0 Å². The zero-order valence-corrected chi connectivity index (χ0v) is 12.3. The average Bonchev–Trinajstić information content (AvgIpc) is 2.33. The van der Waals surface area contributed by atoms with E-state index in [0.29, 0.717) is 31.4 Å². The molecule has 1 aromatic heterocycles. The lowest BCUT2D eigenvalue weighted by molar-refractivity contribution is -0.137. The van der Waals surface area contributed by atoms with E-state index < -0.39 is 11.7 Å². The van der Waals surface area contributed by atoms with Crippen molar-refractivity contribution in [1.29, 1.82) is 0 Å². The molecule has 0 aliphatic carbocycles. The van der Waals surface area contributed by atoms with Crippen LogP contribution in [-0.2, 0) is 6.18 Å². The molecule has 2 N–H and O–H groups in total. The fourth-order valence-electron chi connectivity index (χ4n) is 1.82. The van der Waals surface area contributed by atoms with Gasteiger partial charge in [0.15, 0.2) is 0 Å². The van der Waals surface area contributed by atoms with E-state index in [1.165, 1.54) is 0 Å². The molecule has 0 spiro atoms. The Kier molecular flexibility index (Phi) is 6.07. The first-order valence-corrected chi connectivity index (χ1v) is 6.81. The van der Waals surface area contributed by atoms with Gasteiger partial charge < -0.3 is 10.6 Å².